The first-order valence-electron chi connectivity index (χ1n) is 5.10. The van der Waals surface area contributed by atoms with Crippen LogP contribution in [0.5, 0.6) is 0 Å². The van der Waals surface area contributed by atoms with Crippen molar-refractivity contribution in [2.45, 2.75) is 6.54 Å². The number of halogens is 1. The van der Waals surface area contributed by atoms with Gasteiger partial charge in [0.15, 0.2) is 0 Å². The molecular weight excluding hydrogens is 222 g/mol. The molecule has 3 heteroatoms. The molecule has 0 bridgehead atoms. The summed E-state index contributed by atoms with van der Waals surface area (Å²) in [5, 5.41) is 1.92. The van der Waals surface area contributed by atoms with Crippen molar-refractivity contribution in [1.29, 1.82) is 0 Å². The molecule has 3 rings (SSSR count). The van der Waals surface area contributed by atoms with E-state index in [1.54, 1.807) is 6.26 Å². The molecule has 2 aromatic heterocycles. The summed E-state index contributed by atoms with van der Waals surface area (Å²) in [4.78, 5) is 0. The van der Waals surface area contributed by atoms with Crippen molar-refractivity contribution < 1.29 is 4.42 Å². The van der Waals surface area contributed by atoms with Gasteiger partial charge in [0.2, 0.25) is 0 Å². The van der Waals surface area contributed by atoms with Crippen LogP contribution >= 0.6 is 11.6 Å². The van der Waals surface area contributed by atoms with Crippen LogP contribution in [0.25, 0.3) is 10.9 Å². The van der Waals surface area contributed by atoms with Gasteiger partial charge in [-0.05, 0) is 36.4 Å². The monoisotopic (exact) mass is 231 g/mol. The van der Waals surface area contributed by atoms with Gasteiger partial charge < -0.3 is 8.98 Å². The predicted molar refractivity (Wildman–Crippen MR) is 64.8 cm³/mol. The minimum Gasteiger partial charge on any atom is -0.467 e. The molecule has 0 aliphatic heterocycles. The Morgan fingerprint density at radius 1 is 1.19 bits per heavy atom. The molecule has 0 atom stereocenters. The number of hydrogen-bond donors (Lipinski definition) is 0. The molecule has 0 spiro atoms. The van der Waals surface area contributed by atoms with E-state index in [0.717, 1.165) is 22.7 Å². The fourth-order valence-electron chi connectivity index (χ4n) is 1.88. The molecule has 0 aliphatic carbocycles. The normalized spacial score (nSPS) is 11.1. The molecule has 80 valence electrons. The Kier molecular flexibility index (Phi) is 2.22. The van der Waals surface area contributed by atoms with Crippen LogP contribution < -0.4 is 0 Å². The maximum absolute atomic E-state index is 5.94. The number of aromatic nitrogens is 1. The second-order valence-corrected chi connectivity index (χ2v) is 4.16. The lowest BCUT2D eigenvalue weighted by Gasteiger charge is -2.02. The van der Waals surface area contributed by atoms with Crippen molar-refractivity contribution in [3.8, 4) is 0 Å². The van der Waals surface area contributed by atoms with E-state index in [9.17, 15) is 0 Å². The molecule has 0 saturated carbocycles. The third-order valence-corrected chi connectivity index (χ3v) is 2.87. The third-order valence-electron chi connectivity index (χ3n) is 2.64. The minimum absolute atomic E-state index is 0.748. The van der Waals surface area contributed by atoms with Crippen LogP contribution in [0.15, 0.2) is 53.3 Å². The Hall–Kier alpha value is -1.67. The lowest BCUT2D eigenvalue weighted by atomic mass is 10.2. The van der Waals surface area contributed by atoms with Crippen molar-refractivity contribution in [3.05, 3.63) is 59.6 Å². The molecule has 2 nitrogen and oxygen atoms in total. The number of furan rings is 1. The SMILES string of the molecule is Clc1ccc2c(ccn2Cc2ccco2)c1. The van der Waals surface area contributed by atoms with Gasteiger partial charge in [-0.2, -0.15) is 0 Å². The highest BCUT2D eigenvalue weighted by Crippen LogP contribution is 2.21. The number of nitrogens with zero attached hydrogens (tertiary/aromatic N) is 1. The van der Waals surface area contributed by atoms with Crippen molar-refractivity contribution in [2.75, 3.05) is 0 Å². The van der Waals surface area contributed by atoms with Gasteiger partial charge in [0, 0.05) is 22.1 Å². The van der Waals surface area contributed by atoms with Crippen molar-refractivity contribution in [2.24, 2.45) is 0 Å². The van der Waals surface area contributed by atoms with Crippen LogP contribution in [0, 0.1) is 0 Å². The fraction of sp³-hybridized carbons (Fsp3) is 0.0769. The van der Waals surface area contributed by atoms with Crippen LogP contribution in [-0.4, -0.2) is 4.57 Å². The highest BCUT2D eigenvalue weighted by atomic mass is 35.5. The number of fused-ring (bicyclic) bond motifs is 1. The number of benzene rings is 1. The molecule has 16 heavy (non-hydrogen) atoms. The topological polar surface area (TPSA) is 18.1 Å². The highest BCUT2D eigenvalue weighted by molar-refractivity contribution is 6.31. The summed E-state index contributed by atoms with van der Waals surface area (Å²) in [6.07, 6.45) is 3.74. The quantitative estimate of drug-likeness (QED) is 0.653. The molecule has 1 aromatic carbocycles. The van der Waals surface area contributed by atoms with Crippen LogP contribution in [0.4, 0.5) is 0 Å². The molecule has 0 radical (unpaired) electrons. The number of rotatable bonds is 2. The first-order valence-corrected chi connectivity index (χ1v) is 5.47. The van der Waals surface area contributed by atoms with Crippen LogP contribution in [0.1, 0.15) is 5.76 Å². The lowest BCUT2D eigenvalue weighted by Crippen LogP contribution is -1.95. The molecule has 2 heterocycles. The van der Waals surface area contributed by atoms with Gasteiger partial charge >= 0.3 is 0 Å². The molecule has 0 N–H and O–H groups in total. The zero-order valence-electron chi connectivity index (χ0n) is 8.56. The summed E-state index contributed by atoms with van der Waals surface area (Å²) < 4.78 is 7.48. The molecule has 0 amide bonds. The van der Waals surface area contributed by atoms with E-state index in [4.69, 9.17) is 16.0 Å². The van der Waals surface area contributed by atoms with Gasteiger partial charge in [-0.15, -0.1) is 0 Å². The van der Waals surface area contributed by atoms with Crippen LogP contribution in [-0.2, 0) is 6.54 Å². The Bertz CT molecular complexity index is 610. The summed E-state index contributed by atoms with van der Waals surface area (Å²) in [6, 6.07) is 11.8. The standard InChI is InChI=1S/C13H10ClNO/c14-11-3-4-13-10(8-11)5-6-15(13)9-12-2-1-7-16-12/h1-8H,9H2. The Morgan fingerprint density at radius 3 is 2.94 bits per heavy atom. The van der Waals surface area contributed by atoms with Gasteiger partial charge in [-0.3, -0.25) is 0 Å². The number of hydrogen-bond acceptors (Lipinski definition) is 1. The van der Waals surface area contributed by atoms with Crippen LogP contribution in [0.3, 0.4) is 0 Å². The molecule has 0 aliphatic rings. The van der Waals surface area contributed by atoms with Gasteiger partial charge in [-0.1, -0.05) is 11.6 Å². The summed E-state index contributed by atoms with van der Waals surface area (Å²) in [5.41, 5.74) is 1.17. The van der Waals surface area contributed by atoms with E-state index < -0.39 is 0 Å². The third kappa shape index (κ3) is 1.61. The first kappa shape index (κ1) is 9.55. The highest BCUT2D eigenvalue weighted by Gasteiger charge is 2.03. The maximum atomic E-state index is 5.94. The fourth-order valence-corrected chi connectivity index (χ4v) is 2.06. The molecular formula is C13H10ClNO. The van der Waals surface area contributed by atoms with E-state index in [0.29, 0.717) is 0 Å². The van der Waals surface area contributed by atoms with Crippen LogP contribution in [0.2, 0.25) is 5.02 Å². The van der Waals surface area contributed by atoms with Crippen molar-refractivity contribution >= 4 is 22.5 Å². The van der Waals surface area contributed by atoms with E-state index in [2.05, 4.69) is 10.6 Å². The van der Waals surface area contributed by atoms with Crippen molar-refractivity contribution in [3.63, 3.8) is 0 Å². The maximum Gasteiger partial charge on any atom is 0.123 e. The Labute approximate surface area is 98.1 Å². The summed E-state index contributed by atoms with van der Waals surface area (Å²) in [5.74, 6) is 0.951. The molecule has 0 unspecified atom stereocenters. The Morgan fingerprint density at radius 2 is 2.12 bits per heavy atom. The molecule has 0 saturated heterocycles. The van der Waals surface area contributed by atoms with Gasteiger partial charge in [0.25, 0.3) is 0 Å². The largest absolute Gasteiger partial charge is 0.467 e. The van der Waals surface area contributed by atoms with E-state index in [-0.39, 0.29) is 0 Å². The van der Waals surface area contributed by atoms with Gasteiger partial charge in [0.1, 0.15) is 5.76 Å². The summed E-state index contributed by atoms with van der Waals surface area (Å²) >= 11 is 5.94. The summed E-state index contributed by atoms with van der Waals surface area (Å²) in [6.45, 7) is 0.748. The van der Waals surface area contributed by atoms with E-state index in [1.807, 2.05) is 36.5 Å². The average molecular weight is 232 g/mol. The van der Waals surface area contributed by atoms with E-state index in [1.165, 1.54) is 5.52 Å². The lowest BCUT2D eigenvalue weighted by molar-refractivity contribution is 0.497. The predicted octanol–water partition coefficient (Wildman–Crippen LogP) is 3.94. The second kappa shape index (κ2) is 3.72. The zero-order valence-corrected chi connectivity index (χ0v) is 9.32. The second-order valence-electron chi connectivity index (χ2n) is 3.73. The summed E-state index contributed by atoms with van der Waals surface area (Å²) in [7, 11) is 0. The Balaban J connectivity index is 2.04. The minimum atomic E-state index is 0.748. The average Bonchev–Trinajstić information content (AvgIpc) is 2.89. The van der Waals surface area contributed by atoms with Crippen molar-refractivity contribution in [1.82, 2.24) is 4.57 Å². The first-order chi connectivity index (χ1) is 7.83. The van der Waals surface area contributed by atoms with E-state index >= 15 is 0 Å². The van der Waals surface area contributed by atoms with Gasteiger partial charge in [0.05, 0.1) is 12.8 Å². The molecule has 3 aromatic rings. The van der Waals surface area contributed by atoms with Gasteiger partial charge in [-0.25, -0.2) is 0 Å². The smallest absolute Gasteiger partial charge is 0.123 e. The zero-order chi connectivity index (χ0) is 11.0. The molecule has 0 fully saturated rings.